The third kappa shape index (κ3) is 3.73. The summed E-state index contributed by atoms with van der Waals surface area (Å²) in [7, 11) is 2.00. The second-order valence-corrected chi connectivity index (χ2v) is 7.78. The van der Waals surface area contributed by atoms with Crippen molar-refractivity contribution >= 4 is 34.3 Å². The Balaban J connectivity index is 1.26. The minimum absolute atomic E-state index is 0.144. The Kier molecular flexibility index (Phi) is 5.14. The van der Waals surface area contributed by atoms with Gasteiger partial charge in [-0.2, -0.15) is 0 Å². The van der Waals surface area contributed by atoms with E-state index < -0.39 is 11.7 Å². The van der Waals surface area contributed by atoms with Gasteiger partial charge < -0.3 is 20.1 Å². The van der Waals surface area contributed by atoms with Crippen molar-refractivity contribution in [3.63, 3.8) is 0 Å². The van der Waals surface area contributed by atoms with Gasteiger partial charge in [0.05, 0.1) is 16.6 Å². The molecule has 2 N–H and O–H groups in total. The summed E-state index contributed by atoms with van der Waals surface area (Å²) in [6, 6.07) is 11.8. The lowest BCUT2D eigenvalue weighted by molar-refractivity contribution is 0.102. The van der Waals surface area contributed by atoms with E-state index >= 15 is 0 Å². The Morgan fingerprint density at radius 1 is 1.19 bits per heavy atom. The molecule has 32 heavy (non-hydrogen) atoms. The van der Waals surface area contributed by atoms with Crippen LogP contribution in [0.3, 0.4) is 0 Å². The van der Waals surface area contributed by atoms with E-state index in [1.54, 1.807) is 24.5 Å². The number of benzene rings is 1. The average molecular weight is 431 g/mol. The summed E-state index contributed by atoms with van der Waals surface area (Å²) in [6.45, 7) is 1.69. The Hall–Kier alpha value is -4.01. The molecule has 1 amide bonds. The van der Waals surface area contributed by atoms with Crippen molar-refractivity contribution in [1.82, 2.24) is 19.9 Å². The number of amides is 1. The lowest BCUT2D eigenvalue weighted by atomic mass is 10.2. The first-order chi connectivity index (χ1) is 15.6. The molecule has 1 fully saturated rings. The molecule has 0 bridgehead atoms. The minimum Gasteiger partial charge on any atom is -0.355 e. The number of aromatic nitrogens is 4. The number of nitrogens with one attached hydrogen (secondary N) is 2. The van der Waals surface area contributed by atoms with Gasteiger partial charge in [0.2, 0.25) is 0 Å². The average Bonchev–Trinajstić information content (AvgIpc) is 3.50. The first-order valence-electron chi connectivity index (χ1n) is 10.4. The Morgan fingerprint density at radius 3 is 2.88 bits per heavy atom. The van der Waals surface area contributed by atoms with E-state index in [1.807, 2.05) is 25.4 Å². The van der Waals surface area contributed by atoms with Crippen LogP contribution in [-0.2, 0) is 0 Å². The van der Waals surface area contributed by atoms with Crippen LogP contribution in [0.2, 0.25) is 0 Å². The number of nitrogens with zero attached hydrogens (tertiary/aromatic N) is 5. The first kappa shape index (κ1) is 19.9. The lowest BCUT2D eigenvalue weighted by Gasteiger charge is -2.26. The van der Waals surface area contributed by atoms with E-state index in [0.29, 0.717) is 5.56 Å². The second kappa shape index (κ2) is 8.26. The number of aromatic amines is 1. The van der Waals surface area contributed by atoms with E-state index in [-0.39, 0.29) is 11.7 Å². The summed E-state index contributed by atoms with van der Waals surface area (Å²) in [5, 5.41) is 3.59. The Morgan fingerprint density at radius 2 is 2.06 bits per heavy atom. The molecule has 3 aromatic heterocycles. The van der Waals surface area contributed by atoms with Crippen LogP contribution < -0.4 is 15.1 Å². The number of likely N-dealkylation sites (N-methyl/N-ethyl adjacent to an activating group) is 1. The molecule has 9 heteroatoms. The highest BCUT2D eigenvalue weighted by Gasteiger charge is 2.28. The monoisotopic (exact) mass is 431 g/mol. The van der Waals surface area contributed by atoms with Crippen molar-refractivity contribution in [1.29, 1.82) is 0 Å². The van der Waals surface area contributed by atoms with Crippen LogP contribution in [0.25, 0.3) is 11.0 Å². The van der Waals surface area contributed by atoms with Crippen molar-refractivity contribution < 1.29 is 9.18 Å². The molecular formula is C23H22FN7O. The maximum Gasteiger partial charge on any atom is 0.257 e. The van der Waals surface area contributed by atoms with E-state index in [0.717, 1.165) is 42.2 Å². The van der Waals surface area contributed by atoms with Crippen LogP contribution in [0.4, 0.5) is 21.7 Å². The molecule has 1 saturated heterocycles. The zero-order valence-corrected chi connectivity index (χ0v) is 17.5. The fraction of sp³-hybridized carbons (Fsp3) is 0.217. The molecule has 4 aromatic rings. The molecule has 0 aliphatic carbocycles. The van der Waals surface area contributed by atoms with Crippen molar-refractivity contribution in [2.45, 2.75) is 12.5 Å². The second-order valence-electron chi connectivity index (χ2n) is 7.78. The molecule has 4 heterocycles. The third-order valence-corrected chi connectivity index (χ3v) is 5.84. The summed E-state index contributed by atoms with van der Waals surface area (Å²) in [6.07, 6.45) is 5.93. The lowest BCUT2D eigenvalue weighted by Crippen LogP contribution is -2.35. The summed E-state index contributed by atoms with van der Waals surface area (Å²) < 4.78 is 13.8. The van der Waals surface area contributed by atoms with Crippen LogP contribution in [0, 0.1) is 5.82 Å². The van der Waals surface area contributed by atoms with E-state index in [1.165, 1.54) is 18.3 Å². The highest BCUT2D eigenvalue weighted by molar-refractivity contribution is 6.04. The number of H-pyrrole nitrogens is 1. The number of hydrogen-bond acceptors (Lipinski definition) is 6. The van der Waals surface area contributed by atoms with Crippen molar-refractivity contribution in [3.8, 4) is 0 Å². The van der Waals surface area contributed by atoms with Gasteiger partial charge in [-0.1, -0.05) is 12.1 Å². The van der Waals surface area contributed by atoms with Gasteiger partial charge in [-0.3, -0.25) is 4.79 Å². The molecule has 1 aliphatic heterocycles. The quantitative estimate of drug-likeness (QED) is 0.503. The first-order valence-corrected chi connectivity index (χ1v) is 10.4. The standard InChI is InChI=1S/C23H22FN7O/c1-30(16-9-11-31(13-16)22-17-8-10-25-21(17)27-14-28-22)20-7-6-15(12-26-20)23(32)29-19-5-3-2-4-18(19)24/h2-8,10,12,14,16H,9,11,13H2,1H3,(H,29,32)(H,25,27,28). The number of carbonyl (C=O) groups excluding carboxylic acids is 1. The highest BCUT2D eigenvalue weighted by Crippen LogP contribution is 2.28. The smallest absolute Gasteiger partial charge is 0.257 e. The molecular weight excluding hydrogens is 409 g/mol. The van der Waals surface area contributed by atoms with Crippen molar-refractivity contribution in [3.05, 3.63) is 72.6 Å². The molecule has 0 spiro atoms. The zero-order valence-electron chi connectivity index (χ0n) is 17.5. The SMILES string of the molecule is CN(c1ccc(C(=O)Nc2ccccc2F)cn1)C1CCN(c2ncnc3[nH]ccc23)C1. The largest absolute Gasteiger partial charge is 0.355 e. The number of rotatable bonds is 5. The van der Waals surface area contributed by atoms with Crippen LogP contribution in [0.1, 0.15) is 16.8 Å². The molecule has 8 nitrogen and oxygen atoms in total. The Bertz CT molecular complexity index is 1260. The number of carbonyl (C=O) groups is 1. The normalized spacial score (nSPS) is 15.8. The third-order valence-electron chi connectivity index (χ3n) is 5.84. The van der Waals surface area contributed by atoms with Crippen molar-refractivity contribution in [2.24, 2.45) is 0 Å². The topological polar surface area (TPSA) is 90.0 Å². The fourth-order valence-electron chi connectivity index (χ4n) is 4.03. The Labute approximate surface area is 184 Å². The van der Waals surface area contributed by atoms with E-state index in [2.05, 4.69) is 35.1 Å². The van der Waals surface area contributed by atoms with Crippen LogP contribution in [0.5, 0.6) is 0 Å². The molecule has 1 atom stereocenters. The van der Waals surface area contributed by atoms with Gasteiger partial charge in [-0.05, 0) is 36.8 Å². The van der Waals surface area contributed by atoms with E-state index in [4.69, 9.17) is 0 Å². The minimum atomic E-state index is -0.475. The maximum atomic E-state index is 13.8. The summed E-state index contributed by atoms with van der Waals surface area (Å²) in [4.78, 5) is 33.2. The van der Waals surface area contributed by atoms with Gasteiger partial charge in [-0.25, -0.2) is 19.3 Å². The number of para-hydroxylation sites is 1. The highest BCUT2D eigenvalue weighted by atomic mass is 19.1. The summed E-state index contributed by atoms with van der Waals surface area (Å²) in [5.41, 5.74) is 1.35. The van der Waals surface area contributed by atoms with Gasteiger partial charge >= 0.3 is 0 Å². The van der Waals surface area contributed by atoms with Gasteiger partial charge in [0, 0.05) is 38.6 Å². The number of hydrogen-bond donors (Lipinski definition) is 2. The van der Waals surface area contributed by atoms with Crippen LogP contribution in [-0.4, -0.2) is 52.0 Å². The van der Waals surface area contributed by atoms with Gasteiger partial charge in [0.25, 0.3) is 5.91 Å². The molecule has 5 rings (SSSR count). The molecule has 162 valence electrons. The van der Waals surface area contributed by atoms with Crippen LogP contribution in [0.15, 0.2) is 61.2 Å². The molecule has 0 saturated carbocycles. The molecule has 1 aromatic carbocycles. The fourth-order valence-corrected chi connectivity index (χ4v) is 4.03. The number of anilines is 3. The van der Waals surface area contributed by atoms with Gasteiger partial charge in [0.15, 0.2) is 0 Å². The van der Waals surface area contributed by atoms with Crippen molar-refractivity contribution in [2.75, 3.05) is 35.3 Å². The molecule has 1 unspecified atom stereocenters. The molecule has 1 aliphatic rings. The number of fused-ring (bicyclic) bond motifs is 1. The maximum absolute atomic E-state index is 13.8. The molecule has 0 radical (unpaired) electrons. The predicted molar refractivity (Wildman–Crippen MR) is 121 cm³/mol. The van der Waals surface area contributed by atoms with Gasteiger partial charge in [0.1, 0.15) is 29.4 Å². The van der Waals surface area contributed by atoms with Gasteiger partial charge in [-0.15, -0.1) is 0 Å². The zero-order chi connectivity index (χ0) is 22.1. The predicted octanol–water partition coefficient (Wildman–Crippen LogP) is 3.46. The number of halogens is 1. The van der Waals surface area contributed by atoms with E-state index in [9.17, 15) is 9.18 Å². The summed E-state index contributed by atoms with van der Waals surface area (Å²) >= 11 is 0. The number of pyridine rings is 1. The summed E-state index contributed by atoms with van der Waals surface area (Å²) in [5.74, 6) is 0.828. The van der Waals surface area contributed by atoms with Crippen LogP contribution >= 0.6 is 0 Å².